The van der Waals surface area contributed by atoms with Crippen LogP contribution in [-0.2, 0) is 24.1 Å². The van der Waals surface area contributed by atoms with Crippen molar-refractivity contribution in [2.75, 3.05) is 5.32 Å². The summed E-state index contributed by atoms with van der Waals surface area (Å²) in [6.07, 6.45) is 3.21. The number of nitrogens with two attached hydrogens (primary N) is 1. The summed E-state index contributed by atoms with van der Waals surface area (Å²) in [6.45, 7) is 6.29. The van der Waals surface area contributed by atoms with Gasteiger partial charge in [-0.15, -0.1) is 11.3 Å². The Bertz CT molecular complexity index is 1110. The number of amides is 1. The number of rotatable bonds is 10. The van der Waals surface area contributed by atoms with Crippen molar-refractivity contribution in [3.8, 4) is 0 Å². The molecule has 4 nitrogen and oxygen atoms in total. The average molecular weight is 483 g/mol. The normalized spacial score (nSPS) is 12.1. The van der Waals surface area contributed by atoms with Gasteiger partial charge in [-0.2, -0.15) is 0 Å². The molecule has 0 aliphatic carbocycles. The first-order valence-corrected chi connectivity index (χ1v) is 12.5. The molecule has 3 rings (SSSR count). The molecule has 0 fully saturated rings. The van der Waals surface area contributed by atoms with E-state index in [1.54, 1.807) is 24.3 Å². The van der Waals surface area contributed by atoms with Gasteiger partial charge in [0.15, 0.2) is 5.78 Å². The molecule has 2 aromatic carbocycles. The van der Waals surface area contributed by atoms with Gasteiger partial charge < -0.3 is 11.1 Å². The van der Waals surface area contributed by atoms with Crippen molar-refractivity contribution in [3.05, 3.63) is 86.8 Å². The van der Waals surface area contributed by atoms with Gasteiger partial charge in [-0.05, 0) is 60.9 Å². The molecule has 1 aromatic heterocycles. The van der Waals surface area contributed by atoms with Crippen molar-refractivity contribution in [1.29, 1.82) is 0 Å². The fourth-order valence-corrected chi connectivity index (χ4v) is 4.87. The predicted octanol–water partition coefficient (Wildman–Crippen LogP) is 6.29. The molecule has 1 unspecified atom stereocenters. The molecule has 3 N–H and O–H groups in total. The first kappa shape index (κ1) is 25.2. The second kappa shape index (κ2) is 11.6. The van der Waals surface area contributed by atoms with Crippen molar-refractivity contribution in [1.82, 2.24) is 0 Å². The van der Waals surface area contributed by atoms with Crippen molar-refractivity contribution >= 4 is 39.6 Å². The van der Waals surface area contributed by atoms with Gasteiger partial charge >= 0.3 is 0 Å². The number of anilines is 1. The minimum atomic E-state index is -0.622. The highest BCUT2D eigenvalue weighted by molar-refractivity contribution is 7.16. The second-order valence-electron chi connectivity index (χ2n) is 8.68. The molecular weight excluding hydrogens is 452 g/mol. The van der Waals surface area contributed by atoms with E-state index >= 15 is 0 Å². The van der Waals surface area contributed by atoms with Gasteiger partial charge in [0.1, 0.15) is 5.00 Å². The lowest BCUT2D eigenvalue weighted by atomic mass is 10.00. The molecule has 0 radical (unpaired) electrons. The average Bonchev–Trinajstić information content (AvgIpc) is 3.20. The third kappa shape index (κ3) is 6.76. The van der Waals surface area contributed by atoms with Crippen LogP contribution in [0.4, 0.5) is 5.00 Å². The molecule has 174 valence electrons. The molecule has 3 aromatic rings. The molecule has 0 saturated heterocycles. The number of aryl methyl sites for hydroxylation is 2. The Hall–Kier alpha value is -2.47. The Balaban J connectivity index is 1.82. The van der Waals surface area contributed by atoms with E-state index in [0.717, 1.165) is 24.1 Å². The molecule has 1 atom stereocenters. The molecule has 1 amide bonds. The summed E-state index contributed by atoms with van der Waals surface area (Å²) in [5, 5.41) is 3.78. The van der Waals surface area contributed by atoms with Gasteiger partial charge in [-0.3, -0.25) is 9.59 Å². The SMILES string of the molecule is CCC(N)C(=O)Nc1sc(CCc2ccc(CC(C)C)cc2)cc1C(=O)c1ccccc1Cl. The highest BCUT2D eigenvalue weighted by Gasteiger charge is 2.22. The molecular formula is C27H31ClN2O2S. The summed E-state index contributed by atoms with van der Waals surface area (Å²) in [5.74, 6) is 0.131. The summed E-state index contributed by atoms with van der Waals surface area (Å²) in [5.41, 5.74) is 9.35. The van der Waals surface area contributed by atoms with E-state index in [1.165, 1.54) is 22.5 Å². The molecule has 0 spiro atoms. The second-order valence-corrected chi connectivity index (χ2v) is 10.2. The smallest absolute Gasteiger partial charge is 0.241 e. The first-order chi connectivity index (χ1) is 15.8. The minimum Gasteiger partial charge on any atom is -0.320 e. The van der Waals surface area contributed by atoms with E-state index < -0.39 is 6.04 Å². The number of hydrogen-bond acceptors (Lipinski definition) is 4. The molecule has 0 bridgehead atoms. The summed E-state index contributed by atoms with van der Waals surface area (Å²) in [6, 6.07) is 16.9. The Kier molecular flexibility index (Phi) is 8.84. The Labute approximate surface area is 205 Å². The van der Waals surface area contributed by atoms with Crippen molar-refractivity contribution in [3.63, 3.8) is 0 Å². The van der Waals surface area contributed by atoms with Crippen LogP contribution in [0.25, 0.3) is 0 Å². The number of carbonyl (C=O) groups is 2. The van der Waals surface area contributed by atoms with Crippen LogP contribution in [0.3, 0.4) is 0 Å². The van der Waals surface area contributed by atoms with Gasteiger partial charge in [0.25, 0.3) is 0 Å². The predicted molar refractivity (Wildman–Crippen MR) is 138 cm³/mol. The maximum atomic E-state index is 13.3. The quantitative estimate of drug-likeness (QED) is 0.333. The van der Waals surface area contributed by atoms with Crippen molar-refractivity contribution in [2.45, 2.75) is 52.5 Å². The van der Waals surface area contributed by atoms with Crippen LogP contribution in [0.1, 0.15) is 59.1 Å². The summed E-state index contributed by atoms with van der Waals surface area (Å²) in [4.78, 5) is 26.7. The fourth-order valence-electron chi connectivity index (χ4n) is 3.59. The van der Waals surface area contributed by atoms with Gasteiger partial charge in [-0.1, -0.05) is 68.8 Å². The zero-order valence-electron chi connectivity index (χ0n) is 19.4. The zero-order valence-corrected chi connectivity index (χ0v) is 20.9. The molecule has 33 heavy (non-hydrogen) atoms. The molecule has 0 saturated carbocycles. The number of benzene rings is 2. The number of carbonyl (C=O) groups excluding carboxylic acids is 2. The standard InChI is InChI=1S/C27H31ClN2O2S/c1-4-24(29)26(32)30-27-22(25(31)21-7-5-6-8-23(21)28)16-20(33-27)14-13-18-9-11-19(12-10-18)15-17(2)3/h5-12,16-17,24H,4,13-15,29H2,1-3H3,(H,30,32). The third-order valence-electron chi connectivity index (χ3n) is 5.49. The van der Waals surface area contributed by atoms with E-state index in [1.807, 2.05) is 13.0 Å². The summed E-state index contributed by atoms with van der Waals surface area (Å²) >= 11 is 7.69. The van der Waals surface area contributed by atoms with Crippen LogP contribution in [0.5, 0.6) is 0 Å². The third-order valence-corrected chi connectivity index (χ3v) is 6.93. The monoisotopic (exact) mass is 482 g/mol. The summed E-state index contributed by atoms with van der Waals surface area (Å²) < 4.78 is 0. The van der Waals surface area contributed by atoms with Crippen molar-refractivity contribution in [2.24, 2.45) is 11.7 Å². The van der Waals surface area contributed by atoms with Gasteiger partial charge in [0, 0.05) is 10.4 Å². The van der Waals surface area contributed by atoms with Gasteiger partial charge in [-0.25, -0.2) is 0 Å². The largest absolute Gasteiger partial charge is 0.320 e. The van der Waals surface area contributed by atoms with Gasteiger partial charge in [0.2, 0.25) is 5.91 Å². The van der Waals surface area contributed by atoms with Crippen LogP contribution in [0.15, 0.2) is 54.6 Å². The Morgan fingerprint density at radius 3 is 2.30 bits per heavy atom. The van der Waals surface area contributed by atoms with E-state index in [0.29, 0.717) is 33.5 Å². The summed E-state index contributed by atoms with van der Waals surface area (Å²) in [7, 11) is 0. The number of nitrogens with one attached hydrogen (secondary N) is 1. The lowest BCUT2D eigenvalue weighted by molar-refractivity contribution is -0.117. The van der Waals surface area contributed by atoms with E-state index in [9.17, 15) is 9.59 Å². The lowest BCUT2D eigenvalue weighted by Gasteiger charge is -2.10. The van der Waals surface area contributed by atoms with Crippen LogP contribution >= 0.6 is 22.9 Å². The van der Waals surface area contributed by atoms with Crippen LogP contribution in [-0.4, -0.2) is 17.7 Å². The lowest BCUT2D eigenvalue weighted by Crippen LogP contribution is -2.34. The van der Waals surface area contributed by atoms with E-state index in [4.69, 9.17) is 17.3 Å². The number of thiophene rings is 1. The maximum Gasteiger partial charge on any atom is 0.241 e. The molecule has 6 heteroatoms. The highest BCUT2D eigenvalue weighted by Crippen LogP contribution is 2.32. The van der Waals surface area contributed by atoms with Crippen LogP contribution < -0.4 is 11.1 Å². The van der Waals surface area contributed by atoms with Crippen LogP contribution in [0, 0.1) is 5.92 Å². The minimum absolute atomic E-state index is 0.207. The molecule has 0 aliphatic heterocycles. The number of ketones is 1. The topological polar surface area (TPSA) is 72.2 Å². The number of halogens is 1. The first-order valence-electron chi connectivity index (χ1n) is 11.3. The molecule has 1 heterocycles. The fraction of sp³-hybridized carbons (Fsp3) is 0.333. The zero-order chi connectivity index (χ0) is 24.0. The number of hydrogen-bond donors (Lipinski definition) is 2. The maximum absolute atomic E-state index is 13.3. The van der Waals surface area contributed by atoms with Crippen LogP contribution in [0.2, 0.25) is 5.02 Å². The highest BCUT2D eigenvalue weighted by atomic mass is 35.5. The Morgan fingerprint density at radius 1 is 1.00 bits per heavy atom. The Morgan fingerprint density at radius 2 is 1.67 bits per heavy atom. The molecule has 0 aliphatic rings. The van der Waals surface area contributed by atoms with E-state index in [-0.39, 0.29) is 11.7 Å². The van der Waals surface area contributed by atoms with E-state index in [2.05, 4.69) is 43.4 Å². The van der Waals surface area contributed by atoms with Crippen molar-refractivity contribution < 1.29 is 9.59 Å². The van der Waals surface area contributed by atoms with Gasteiger partial charge in [0.05, 0.1) is 16.6 Å².